The molecular weight excluding hydrogens is 208 g/mol. The lowest BCUT2D eigenvalue weighted by Gasteiger charge is -2.20. The number of hydrogen-bond acceptors (Lipinski definition) is 4. The fourth-order valence-electron chi connectivity index (χ4n) is 1.13. The summed E-state index contributed by atoms with van der Waals surface area (Å²) in [6.07, 6.45) is 1.81. The van der Waals surface area contributed by atoms with Gasteiger partial charge in [0, 0.05) is 12.8 Å². The highest BCUT2D eigenvalue weighted by Gasteiger charge is 2.43. The SMILES string of the molecule is CCCC#CCC(C)(C(=O)OC)C(=O)OC. The first-order chi connectivity index (χ1) is 7.52. The van der Waals surface area contributed by atoms with Crippen molar-refractivity contribution in [1.29, 1.82) is 0 Å². The van der Waals surface area contributed by atoms with E-state index in [1.807, 2.05) is 6.92 Å². The highest BCUT2D eigenvalue weighted by atomic mass is 16.5. The molecule has 90 valence electrons. The molecule has 0 aliphatic heterocycles. The van der Waals surface area contributed by atoms with Crippen LogP contribution in [0.2, 0.25) is 0 Å². The van der Waals surface area contributed by atoms with Crippen LogP contribution in [0.3, 0.4) is 0 Å². The van der Waals surface area contributed by atoms with E-state index in [-0.39, 0.29) is 6.42 Å². The molecule has 0 aliphatic carbocycles. The second-order valence-corrected chi connectivity index (χ2v) is 3.60. The first kappa shape index (κ1) is 14.5. The van der Waals surface area contributed by atoms with Crippen molar-refractivity contribution in [1.82, 2.24) is 0 Å². The molecular formula is C12H18O4. The Morgan fingerprint density at radius 1 is 1.12 bits per heavy atom. The molecule has 16 heavy (non-hydrogen) atoms. The lowest BCUT2D eigenvalue weighted by atomic mass is 9.87. The van der Waals surface area contributed by atoms with Crippen molar-refractivity contribution >= 4 is 11.9 Å². The highest BCUT2D eigenvalue weighted by molar-refractivity contribution is 5.99. The van der Waals surface area contributed by atoms with Crippen LogP contribution in [-0.4, -0.2) is 26.2 Å². The third-order valence-corrected chi connectivity index (χ3v) is 2.21. The highest BCUT2D eigenvalue weighted by Crippen LogP contribution is 2.24. The van der Waals surface area contributed by atoms with Crippen molar-refractivity contribution in [3.63, 3.8) is 0 Å². The molecule has 4 heteroatoms. The summed E-state index contributed by atoms with van der Waals surface area (Å²) in [7, 11) is 2.48. The van der Waals surface area contributed by atoms with Crippen molar-refractivity contribution < 1.29 is 19.1 Å². The van der Waals surface area contributed by atoms with E-state index in [1.54, 1.807) is 0 Å². The normalized spacial score (nSPS) is 10.0. The molecule has 0 aliphatic rings. The standard InChI is InChI=1S/C12H18O4/c1-5-6-7-8-9-12(2,10(13)15-3)11(14)16-4/h5-6,9H2,1-4H3. The average Bonchev–Trinajstić information content (AvgIpc) is 2.32. The summed E-state index contributed by atoms with van der Waals surface area (Å²) in [6, 6.07) is 0. The Morgan fingerprint density at radius 2 is 1.62 bits per heavy atom. The number of unbranched alkanes of at least 4 members (excludes halogenated alkanes) is 1. The van der Waals surface area contributed by atoms with Crippen molar-refractivity contribution in [3.8, 4) is 11.8 Å². The number of hydrogen-bond donors (Lipinski definition) is 0. The van der Waals surface area contributed by atoms with Crippen LogP contribution in [0.1, 0.15) is 33.1 Å². The van der Waals surface area contributed by atoms with Crippen molar-refractivity contribution in [2.75, 3.05) is 14.2 Å². The van der Waals surface area contributed by atoms with Crippen LogP contribution in [0.4, 0.5) is 0 Å². The maximum absolute atomic E-state index is 11.5. The summed E-state index contributed by atoms with van der Waals surface area (Å²) in [5.74, 6) is 4.45. The molecule has 0 aromatic heterocycles. The van der Waals surface area contributed by atoms with Crippen LogP contribution < -0.4 is 0 Å². The first-order valence-corrected chi connectivity index (χ1v) is 5.15. The van der Waals surface area contributed by atoms with Gasteiger partial charge in [-0.25, -0.2) is 0 Å². The smallest absolute Gasteiger partial charge is 0.323 e. The predicted octanol–water partition coefficient (Wildman–Crippen LogP) is 1.53. The van der Waals surface area contributed by atoms with Gasteiger partial charge in [0.15, 0.2) is 5.41 Å². The number of ether oxygens (including phenoxy) is 2. The van der Waals surface area contributed by atoms with E-state index < -0.39 is 17.4 Å². The average molecular weight is 226 g/mol. The molecule has 0 aromatic rings. The van der Waals surface area contributed by atoms with Crippen molar-refractivity contribution in [2.45, 2.75) is 33.1 Å². The number of rotatable bonds is 4. The molecule has 0 bridgehead atoms. The van der Waals surface area contributed by atoms with Gasteiger partial charge in [0.1, 0.15) is 0 Å². The second kappa shape index (κ2) is 6.89. The van der Waals surface area contributed by atoms with Gasteiger partial charge in [-0.05, 0) is 13.3 Å². The maximum atomic E-state index is 11.5. The molecule has 0 rings (SSSR count). The molecule has 0 spiro atoms. The lowest BCUT2D eigenvalue weighted by molar-refractivity contribution is -0.167. The minimum absolute atomic E-state index is 0.117. The molecule has 4 nitrogen and oxygen atoms in total. The molecule has 0 amide bonds. The van der Waals surface area contributed by atoms with Crippen LogP contribution in [0.5, 0.6) is 0 Å². The van der Waals surface area contributed by atoms with Gasteiger partial charge in [-0.15, -0.1) is 11.8 Å². The zero-order valence-electron chi connectivity index (χ0n) is 10.3. The van der Waals surface area contributed by atoms with E-state index >= 15 is 0 Å². The fourth-order valence-corrected chi connectivity index (χ4v) is 1.13. The van der Waals surface area contributed by atoms with Crippen LogP contribution in [-0.2, 0) is 19.1 Å². The largest absolute Gasteiger partial charge is 0.468 e. The van der Waals surface area contributed by atoms with Crippen molar-refractivity contribution in [2.24, 2.45) is 5.41 Å². The summed E-state index contributed by atoms with van der Waals surface area (Å²) in [5.41, 5.74) is -1.33. The number of methoxy groups -OCH3 is 2. The van der Waals surface area contributed by atoms with E-state index in [0.29, 0.717) is 0 Å². The van der Waals surface area contributed by atoms with E-state index in [2.05, 4.69) is 21.3 Å². The van der Waals surface area contributed by atoms with Crippen LogP contribution in [0.25, 0.3) is 0 Å². The Labute approximate surface area is 96.3 Å². The summed E-state index contributed by atoms with van der Waals surface area (Å²) in [6.45, 7) is 3.49. The minimum atomic E-state index is -1.33. The molecule has 0 fully saturated rings. The zero-order valence-corrected chi connectivity index (χ0v) is 10.3. The molecule has 0 N–H and O–H groups in total. The topological polar surface area (TPSA) is 52.6 Å². The van der Waals surface area contributed by atoms with E-state index in [1.165, 1.54) is 21.1 Å². The number of carbonyl (C=O) groups is 2. The zero-order chi connectivity index (χ0) is 12.6. The summed E-state index contributed by atoms with van der Waals surface area (Å²) in [5, 5.41) is 0. The van der Waals surface area contributed by atoms with Crippen molar-refractivity contribution in [3.05, 3.63) is 0 Å². The Morgan fingerprint density at radius 3 is 2.00 bits per heavy atom. The predicted molar refractivity (Wildman–Crippen MR) is 59.4 cm³/mol. The third kappa shape index (κ3) is 3.58. The summed E-state index contributed by atoms with van der Waals surface area (Å²) >= 11 is 0. The van der Waals surface area contributed by atoms with E-state index in [0.717, 1.165) is 12.8 Å². The van der Waals surface area contributed by atoms with Gasteiger partial charge in [-0.2, -0.15) is 0 Å². The maximum Gasteiger partial charge on any atom is 0.323 e. The summed E-state index contributed by atoms with van der Waals surface area (Å²) in [4.78, 5) is 23.0. The number of esters is 2. The van der Waals surface area contributed by atoms with Crippen LogP contribution in [0, 0.1) is 17.3 Å². The molecule has 0 radical (unpaired) electrons. The molecule has 0 saturated carbocycles. The second-order valence-electron chi connectivity index (χ2n) is 3.60. The first-order valence-electron chi connectivity index (χ1n) is 5.15. The quantitative estimate of drug-likeness (QED) is 0.414. The van der Waals surface area contributed by atoms with Gasteiger partial charge in [-0.3, -0.25) is 9.59 Å². The van der Waals surface area contributed by atoms with E-state index in [9.17, 15) is 9.59 Å². The van der Waals surface area contributed by atoms with Gasteiger partial charge in [0.2, 0.25) is 0 Å². The van der Waals surface area contributed by atoms with Gasteiger partial charge < -0.3 is 9.47 Å². The van der Waals surface area contributed by atoms with Gasteiger partial charge in [-0.1, -0.05) is 6.92 Å². The van der Waals surface area contributed by atoms with E-state index in [4.69, 9.17) is 0 Å². The monoisotopic (exact) mass is 226 g/mol. The lowest BCUT2D eigenvalue weighted by Crippen LogP contribution is -2.38. The van der Waals surface area contributed by atoms with Gasteiger partial charge in [0.25, 0.3) is 0 Å². The molecule has 0 unspecified atom stereocenters. The molecule has 0 heterocycles. The fraction of sp³-hybridized carbons (Fsp3) is 0.667. The van der Waals surface area contributed by atoms with Crippen LogP contribution >= 0.6 is 0 Å². The minimum Gasteiger partial charge on any atom is -0.468 e. The number of carbonyl (C=O) groups excluding carboxylic acids is 2. The molecule has 0 saturated heterocycles. The Balaban J connectivity index is 4.76. The Bertz CT molecular complexity index is 293. The third-order valence-electron chi connectivity index (χ3n) is 2.21. The van der Waals surface area contributed by atoms with Gasteiger partial charge >= 0.3 is 11.9 Å². The molecule has 0 aromatic carbocycles. The molecule has 0 atom stereocenters. The Kier molecular flexibility index (Phi) is 6.24. The summed E-state index contributed by atoms with van der Waals surface area (Å²) < 4.78 is 9.18. The Hall–Kier alpha value is -1.50. The van der Waals surface area contributed by atoms with Gasteiger partial charge in [0.05, 0.1) is 14.2 Å². The van der Waals surface area contributed by atoms with Crippen LogP contribution in [0.15, 0.2) is 0 Å².